The normalized spacial score (nSPS) is 23.1. The maximum atomic E-state index is 12.3. The maximum Gasteiger partial charge on any atom is 0.244 e. The summed E-state index contributed by atoms with van der Waals surface area (Å²) in [5, 5.41) is 2.77. The number of anilines is 1. The fourth-order valence-corrected chi connectivity index (χ4v) is 3.60. The smallest absolute Gasteiger partial charge is 0.244 e. The van der Waals surface area contributed by atoms with Crippen molar-refractivity contribution >= 4 is 39.3 Å². The molecule has 1 aromatic rings. The van der Waals surface area contributed by atoms with E-state index in [4.69, 9.17) is 0 Å². The first-order chi connectivity index (χ1) is 11.0. The Morgan fingerprint density at radius 2 is 1.83 bits per heavy atom. The molecule has 120 valence electrons. The zero-order chi connectivity index (χ0) is 16.6. The molecule has 3 amide bonds. The lowest BCUT2D eigenvalue weighted by atomic mass is 9.85. The number of benzene rings is 1. The molecule has 6 heteroatoms. The summed E-state index contributed by atoms with van der Waals surface area (Å²) in [5.41, 5.74) is 1.58. The van der Waals surface area contributed by atoms with Crippen molar-refractivity contribution in [3.63, 3.8) is 0 Å². The highest BCUT2D eigenvalue weighted by Gasteiger charge is 2.47. The molecule has 1 aliphatic heterocycles. The molecule has 0 spiro atoms. The molecule has 1 heterocycles. The van der Waals surface area contributed by atoms with Crippen LogP contribution in [0.5, 0.6) is 0 Å². The molecule has 0 saturated carbocycles. The first-order valence-corrected chi connectivity index (χ1v) is 8.33. The third-order valence-corrected chi connectivity index (χ3v) is 4.86. The zero-order valence-electron chi connectivity index (χ0n) is 12.7. The van der Waals surface area contributed by atoms with Gasteiger partial charge in [0.05, 0.1) is 11.8 Å². The number of nitrogens with one attached hydrogen (secondary N) is 1. The Morgan fingerprint density at radius 1 is 1.22 bits per heavy atom. The predicted octanol–water partition coefficient (Wildman–Crippen LogP) is 2.65. The lowest BCUT2D eigenvalue weighted by Gasteiger charge is -2.15. The topological polar surface area (TPSA) is 66.5 Å². The van der Waals surface area contributed by atoms with Crippen molar-refractivity contribution < 1.29 is 14.4 Å². The Bertz CT molecular complexity index is 688. The highest BCUT2D eigenvalue weighted by atomic mass is 79.9. The van der Waals surface area contributed by atoms with Crippen molar-refractivity contribution in [1.29, 1.82) is 0 Å². The summed E-state index contributed by atoms with van der Waals surface area (Å²) in [6.07, 6.45) is 5.03. The van der Waals surface area contributed by atoms with Crippen LogP contribution >= 0.6 is 15.9 Å². The third-order valence-electron chi connectivity index (χ3n) is 4.36. The van der Waals surface area contributed by atoms with E-state index in [0.717, 1.165) is 14.9 Å². The summed E-state index contributed by atoms with van der Waals surface area (Å²) in [4.78, 5) is 38.0. The molecule has 5 nitrogen and oxygen atoms in total. The first kappa shape index (κ1) is 15.9. The van der Waals surface area contributed by atoms with Gasteiger partial charge in [-0.3, -0.25) is 19.3 Å². The van der Waals surface area contributed by atoms with Gasteiger partial charge in [0.15, 0.2) is 0 Å². The molecule has 0 unspecified atom stereocenters. The Hall–Kier alpha value is -1.95. The summed E-state index contributed by atoms with van der Waals surface area (Å²) >= 11 is 3.37. The summed E-state index contributed by atoms with van der Waals surface area (Å²) in [5.74, 6) is -1.41. The molecule has 23 heavy (non-hydrogen) atoms. The SMILES string of the molecule is Cc1cc(Br)ccc1NC(=O)CN1C(=O)[C@H]2CC=CC[C@@H]2C1=O. The van der Waals surface area contributed by atoms with Gasteiger partial charge in [0.1, 0.15) is 6.54 Å². The second-order valence-electron chi connectivity index (χ2n) is 5.93. The number of likely N-dealkylation sites (tertiary alicyclic amines) is 1. The Labute approximate surface area is 142 Å². The van der Waals surface area contributed by atoms with E-state index in [-0.39, 0.29) is 36.1 Å². The van der Waals surface area contributed by atoms with E-state index in [1.165, 1.54) is 0 Å². The van der Waals surface area contributed by atoms with E-state index >= 15 is 0 Å². The summed E-state index contributed by atoms with van der Waals surface area (Å²) in [7, 11) is 0. The third kappa shape index (κ3) is 3.08. The standard InChI is InChI=1S/C17H17BrN2O3/c1-10-8-11(18)6-7-14(10)19-15(21)9-20-16(22)12-4-2-3-5-13(12)17(20)23/h2-3,6-8,12-13H,4-5,9H2,1H3,(H,19,21)/t12-,13-/m0/s1. The minimum atomic E-state index is -0.358. The number of halogens is 1. The van der Waals surface area contributed by atoms with E-state index in [1.54, 1.807) is 6.07 Å². The number of carbonyl (C=O) groups excluding carboxylic acids is 3. The molecule has 1 saturated heterocycles. The van der Waals surface area contributed by atoms with Crippen LogP contribution in [0.25, 0.3) is 0 Å². The molecule has 1 aliphatic carbocycles. The number of hydrogen-bond acceptors (Lipinski definition) is 3. The van der Waals surface area contributed by atoms with Crippen molar-refractivity contribution in [2.45, 2.75) is 19.8 Å². The van der Waals surface area contributed by atoms with Crippen LogP contribution in [-0.2, 0) is 14.4 Å². The fourth-order valence-electron chi connectivity index (χ4n) is 3.13. The van der Waals surface area contributed by atoms with Gasteiger partial charge in [-0.2, -0.15) is 0 Å². The number of carbonyl (C=O) groups is 3. The molecular formula is C17H17BrN2O3. The van der Waals surface area contributed by atoms with E-state index in [2.05, 4.69) is 21.2 Å². The summed E-state index contributed by atoms with van der Waals surface area (Å²) in [6, 6.07) is 5.51. The molecule has 2 aliphatic rings. The Morgan fingerprint density at radius 3 is 2.39 bits per heavy atom. The molecule has 0 radical (unpaired) electrons. The molecule has 1 N–H and O–H groups in total. The fraction of sp³-hybridized carbons (Fsp3) is 0.353. The van der Waals surface area contributed by atoms with Crippen LogP contribution in [0.15, 0.2) is 34.8 Å². The Kier molecular flexibility index (Phi) is 4.35. The summed E-state index contributed by atoms with van der Waals surface area (Å²) < 4.78 is 0.925. The van der Waals surface area contributed by atoms with Crippen molar-refractivity contribution in [3.8, 4) is 0 Å². The van der Waals surface area contributed by atoms with Gasteiger partial charge in [-0.05, 0) is 43.5 Å². The van der Waals surface area contributed by atoms with Crippen LogP contribution in [0.1, 0.15) is 18.4 Å². The second-order valence-corrected chi connectivity index (χ2v) is 6.84. The Balaban J connectivity index is 1.68. The predicted molar refractivity (Wildman–Crippen MR) is 89.6 cm³/mol. The highest BCUT2D eigenvalue weighted by molar-refractivity contribution is 9.10. The second kappa shape index (κ2) is 6.28. The minimum absolute atomic E-state index is 0.222. The molecule has 2 atom stereocenters. The van der Waals surface area contributed by atoms with Gasteiger partial charge in [-0.25, -0.2) is 0 Å². The number of rotatable bonds is 3. The van der Waals surface area contributed by atoms with E-state index in [0.29, 0.717) is 18.5 Å². The average molecular weight is 377 g/mol. The van der Waals surface area contributed by atoms with Crippen LogP contribution < -0.4 is 5.32 Å². The van der Waals surface area contributed by atoms with Gasteiger partial charge in [-0.15, -0.1) is 0 Å². The molecule has 3 rings (SSSR count). The van der Waals surface area contributed by atoms with Gasteiger partial charge in [-0.1, -0.05) is 28.1 Å². The lowest BCUT2D eigenvalue weighted by molar-refractivity contribution is -0.142. The maximum absolute atomic E-state index is 12.3. The number of imide groups is 1. The monoisotopic (exact) mass is 376 g/mol. The average Bonchev–Trinajstić information content (AvgIpc) is 2.76. The van der Waals surface area contributed by atoms with Gasteiger partial charge >= 0.3 is 0 Å². The van der Waals surface area contributed by atoms with Gasteiger partial charge in [0.2, 0.25) is 17.7 Å². The number of allylic oxidation sites excluding steroid dienone is 2. The van der Waals surface area contributed by atoms with E-state index in [9.17, 15) is 14.4 Å². The van der Waals surface area contributed by atoms with Crippen LogP contribution in [0.3, 0.4) is 0 Å². The van der Waals surface area contributed by atoms with Crippen molar-refractivity contribution in [3.05, 3.63) is 40.4 Å². The summed E-state index contributed by atoms with van der Waals surface area (Å²) in [6.45, 7) is 1.66. The minimum Gasteiger partial charge on any atom is -0.324 e. The van der Waals surface area contributed by atoms with Crippen LogP contribution in [0.4, 0.5) is 5.69 Å². The van der Waals surface area contributed by atoms with Crippen LogP contribution in [0, 0.1) is 18.8 Å². The van der Waals surface area contributed by atoms with Gasteiger partial charge < -0.3 is 5.32 Å². The number of amides is 3. The van der Waals surface area contributed by atoms with E-state index < -0.39 is 0 Å². The van der Waals surface area contributed by atoms with Gasteiger partial charge in [0, 0.05) is 10.2 Å². The van der Waals surface area contributed by atoms with E-state index in [1.807, 2.05) is 31.2 Å². The molecular weight excluding hydrogens is 360 g/mol. The highest BCUT2D eigenvalue weighted by Crippen LogP contribution is 2.34. The molecule has 1 fully saturated rings. The number of hydrogen-bond donors (Lipinski definition) is 1. The van der Waals surface area contributed by atoms with Crippen molar-refractivity contribution in [2.24, 2.45) is 11.8 Å². The first-order valence-electron chi connectivity index (χ1n) is 7.53. The van der Waals surface area contributed by atoms with Crippen LogP contribution in [0.2, 0.25) is 0 Å². The lowest BCUT2D eigenvalue weighted by Crippen LogP contribution is -2.38. The van der Waals surface area contributed by atoms with Crippen molar-refractivity contribution in [2.75, 3.05) is 11.9 Å². The number of nitrogens with zero attached hydrogens (tertiary/aromatic N) is 1. The molecule has 0 bridgehead atoms. The number of aryl methyl sites for hydroxylation is 1. The largest absolute Gasteiger partial charge is 0.324 e. The van der Waals surface area contributed by atoms with Crippen LogP contribution in [-0.4, -0.2) is 29.2 Å². The zero-order valence-corrected chi connectivity index (χ0v) is 14.3. The van der Waals surface area contributed by atoms with Gasteiger partial charge in [0.25, 0.3) is 0 Å². The quantitative estimate of drug-likeness (QED) is 0.651. The molecule has 1 aromatic carbocycles. The number of fused-ring (bicyclic) bond motifs is 1. The molecule has 0 aromatic heterocycles. The van der Waals surface area contributed by atoms with Crippen molar-refractivity contribution in [1.82, 2.24) is 4.90 Å².